The second-order valence-electron chi connectivity index (χ2n) is 4.82. The van der Waals surface area contributed by atoms with Crippen LogP contribution in [-0.2, 0) is 9.53 Å². The molecule has 0 aromatic heterocycles. The van der Waals surface area contributed by atoms with Crippen LogP contribution >= 0.6 is 0 Å². The molecule has 2 rings (SSSR count). The van der Waals surface area contributed by atoms with Crippen molar-refractivity contribution in [2.24, 2.45) is 0 Å². The maximum Gasteiger partial charge on any atom is 0.326 e. The van der Waals surface area contributed by atoms with Crippen LogP contribution in [0.1, 0.15) is 26.2 Å². The minimum atomic E-state index is -0.902. The lowest BCUT2D eigenvalue weighted by molar-refractivity contribution is -0.141. The molecule has 0 aromatic rings. The average molecular weight is 256 g/mol. The summed E-state index contributed by atoms with van der Waals surface area (Å²) in [5.74, 6) is -0.902. The first kappa shape index (κ1) is 13.1. The van der Waals surface area contributed by atoms with Gasteiger partial charge in [0.1, 0.15) is 6.04 Å². The summed E-state index contributed by atoms with van der Waals surface area (Å²) in [7, 11) is 0. The molecule has 0 radical (unpaired) electrons. The number of carbonyl (C=O) groups is 2. The highest BCUT2D eigenvalue weighted by Crippen LogP contribution is 2.20. The molecule has 2 fully saturated rings. The van der Waals surface area contributed by atoms with Gasteiger partial charge < -0.3 is 19.6 Å². The van der Waals surface area contributed by atoms with E-state index in [1.165, 1.54) is 4.90 Å². The second kappa shape index (κ2) is 5.56. The van der Waals surface area contributed by atoms with Gasteiger partial charge in [0.25, 0.3) is 0 Å². The monoisotopic (exact) mass is 256 g/mol. The van der Waals surface area contributed by atoms with Crippen molar-refractivity contribution in [3.63, 3.8) is 0 Å². The molecule has 1 N–H and O–H groups in total. The summed E-state index contributed by atoms with van der Waals surface area (Å²) in [6.45, 7) is 4.23. The Kier molecular flexibility index (Phi) is 4.06. The molecule has 2 aliphatic rings. The SMILES string of the molecule is CCC1CN(C(=O)N2CCCC2C(=O)O)CCO1. The van der Waals surface area contributed by atoms with Gasteiger partial charge in [0.15, 0.2) is 0 Å². The standard InChI is InChI=1S/C12H20N2O4/c1-2-9-8-13(6-7-18-9)12(17)14-5-3-4-10(14)11(15)16/h9-10H,2-8H2,1H3,(H,15,16). The van der Waals surface area contributed by atoms with Gasteiger partial charge >= 0.3 is 12.0 Å². The highest BCUT2D eigenvalue weighted by Gasteiger charge is 2.37. The van der Waals surface area contributed by atoms with Gasteiger partial charge in [-0.2, -0.15) is 0 Å². The van der Waals surface area contributed by atoms with Crippen LogP contribution in [0.25, 0.3) is 0 Å². The highest BCUT2D eigenvalue weighted by atomic mass is 16.5. The summed E-state index contributed by atoms with van der Waals surface area (Å²) in [6.07, 6.45) is 2.27. The molecule has 102 valence electrons. The van der Waals surface area contributed by atoms with E-state index in [9.17, 15) is 9.59 Å². The molecule has 0 bridgehead atoms. The number of carbonyl (C=O) groups excluding carboxylic acids is 1. The number of nitrogens with zero attached hydrogens (tertiary/aromatic N) is 2. The summed E-state index contributed by atoms with van der Waals surface area (Å²) in [5, 5.41) is 9.09. The Morgan fingerprint density at radius 1 is 1.39 bits per heavy atom. The van der Waals surface area contributed by atoms with Crippen molar-refractivity contribution in [2.45, 2.75) is 38.3 Å². The van der Waals surface area contributed by atoms with Crippen LogP contribution in [0, 0.1) is 0 Å². The smallest absolute Gasteiger partial charge is 0.326 e. The predicted octanol–water partition coefficient (Wildman–Crippen LogP) is 0.766. The molecule has 18 heavy (non-hydrogen) atoms. The van der Waals surface area contributed by atoms with E-state index in [4.69, 9.17) is 9.84 Å². The Morgan fingerprint density at radius 3 is 2.83 bits per heavy atom. The molecular formula is C12H20N2O4. The number of carboxylic acids is 1. The molecule has 6 heteroatoms. The van der Waals surface area contributed by atoms with E-state index >= 15 is 0 Å². The molecular weight excluding hydrogens is 236 g/mol. The third-order valence-corrected chi connectivity index (χ3v) is 3.65. The molecule has 0 saturated carbocycles. The van der Waals surface area contributed by atoms with Crippen molar-refractivity contribution in [3.05, 3.63) is 0 Å². The first-order chi connectivity index (χ1) is 8.63. The number of likely N-dealkylation sites (tertiary alicyclic amines) is 1. The van der Waals surface area contributed by atoms with Crippen LogP contribution in [0.2, 0.25) is 0 Å². The average Bonchev–Trinajstić information content (AvgIpc) is 2.87. The molecule has 0 spiro atoms. The maximum atomic E-state index is 12.3. The van der Waals surface area contributed by atoms with Crippen molar-refractivity contribution in [2.75, 3.05) is 26.2 Å². The van der Waals surface area contributed by atoms with Gasteiger partial charge in [-0.25, -0.2) is 9.59 Å². The van der Waals surface area contributed by atoms with E-state index in [1.807, 2.05) is 6.92 Å². The minimum Gasteiger partial charge on any atom is -0.480 e. The lowest BCUT2D eigenvalue weighted by Gasteiger charge is -2.36. The van der Waals surface area contributed by atoms with E-state index in [2.05, 4.69) is 0 Å². The Labute approximate surface area is 106 Å². The van der Waals surface area contributed by atoms with Gasteiger partial charge in [0.05, 0.1) is 12.7 Å². The zero-order chi connectivity index (χ0) is 13.1. The fraction of sp³-hybridized carbons (Fsp3) is 0.833. The minimum absolute atomic E-state index is 0.0774. The van der Waals surface area contributed by atoms with Gasteiger partial charge in [-0.15, -0.1) is 0 Å². The summed E-state index contributed by atoms with van der Waals surface area (Å²) in [5.41, 5.74) is 0. The first-order valence-electron chi connectivity index (χ1n) is 6.53. The lowest BCUT2D eigenvalue weighted by atomic mass is 10.2. The maximum absolute atomic E-state index is 12.3. The van der Waals surface area contributed by atoms with E-state index in [-0.39, 0.29) is 12.1 Å². The number of amides is 2. The van der Waals surface area contributed by atoms with Crippen LogP contribution < -0.4 is 0 Å². The normalized spacial score (nSPS) is 28.5. The summed E-state index contributed by atoms with van der Waals surface area (Å²) < 4.78 is 5.52. The van der Waals surface area contributed by atoms with Crippen LogP contribution in [0.15, 0.2) is 0 Å². The van der Waals surface area contributed by atoms with Gasteiger partial charge in [-0.05, 0) is 19.3 Å². The molecule has 6 nitrogen and oxygen atoms in total. The highest BCUT2D eigenvalue weighted by molar-refractivity contribution is 5.83. The molecule has 2 amide bonds. The van der Waals surface area contributed by atoms with E-state index < -0.39 is 12.0 Å². The number of urea groups is 1. The van der Waals surface area contributed by atoms with Gasteiger partial charge in [-0.3, -0.25) is 0 Å². The van der Waals surface area contributed by atoms with Crippen molar-refractivity contribution in [3.8, 4) is 0 Å². The van der Waals surface area contributed by atoms with Gasteiger partial charge in [0, 0.05) is 19.6 Å². The molecule has 0 aromatic carbocycles. The zero-order valence-corrected chi connectivity index (χ0v) is 10.7. The number of hydrogen-bond acceptors (Lipinski definition) is 3. The number of carboxylic acid groups (broad SMARTS) is 1. The molecule has 2 atom stereocenters. The number of morpholine rings is 1. The van der Waals surface area contributed by atoms with E-state index in [0.29, 0.717) is 32.7 Å². The van der Waals surface area contributed by atoms with Crippen molar-refractivity contribution in [1.29, 1.82) is 0 Å². The number of ether oxygens (including phenoxy) is 1. The van der Waals surface area contributed by atoms with Crippen LogP contribution in [0.3, 0.4) is 0 Å². The van der Waals surface area contributed by atoms with Crippen molar-refractivity contribution in [1.82, 2.24) is 9.80 Å². The predicted molar refractivity (Wildman–Crippen MR) is 64.4 cm³/mol. The molecule has 2 heterocycles. The van der Waals surface area contributed by atoms with E-state index in [0.717, 1.165) is 12.8 Å². The fourth-order valence-electron chi connectivity index (χ4n) is 2.57. The quantitative estimate of drug-likeness (QED) is 0.792. The third-order valence-electron chi connectivity index (χ3n) is 3.65. The summed E-state index contributed by atoms with van der Waals surface area (Å²) >= 11 is 0. The first-order valence-corrected chi connectivity index (χ1v) is 6.53. The van der Waals surface area contributed by atoms with Gasteiger partial charge in [0.2, 0.25) is 0 Å². The topological polar surface area (TPSA) is 70.1 Å². The molecule has 2 unspecified atom stereocenters. The van der Waals surface area contributed by atoms with E-state index in [1.54, 1.807) is 4.90 Å². The van der Waals surface area contributed by atoms with Crippen molar-refractivity contribution < 1.29 is 19.4 Å². The van der Waals surface area contributed by atoms with Crippen LogP contribution in [0.5, 0.6) is 0 Å². The van der Waals surface area contributed by atoms with Crippen molar-refractivity contribution >= 4 is 12.0 Å². The van der Waals surface area contributed by atoms with Crippen LogP contribution in [0.4, 0.5) is 4.79 Å². The Bertz CT molecular complexity index is 334. The lowest BCUT2D eigenvalue weighted by Crippen LogP contribution is -2.53. The number of rotatable bonds is 2. The largest absolute Gasteiger partial charge is 0.480 e. The van der Waals surface area contributed by atoms with Gasteiger partial charge in [-0.1, -0.05) is 6.92 Å². The van der Waals surface area contributed by atoms with Crippen LogP contribution in [-0.4, -0.2) is 65.3 Å². The molecule has 0 aliphatic carbocycles. The molecule has 2 aliphatic heterocycles. The second-order valence-corrected chi connectivity index (χ2v) is 4.82. The molecule has 2 saturated heterocycles. The number of hydrogen-bond donors (Lipinski definition) is 1. The fourth-order valence-corrected chi connectivity index (χ4v) is 2.57. The Hall–Kier alpha value is -1.30. The zero-order valence-electron chi connectivity index (χ0n) is 10.7. The Morgan fingerprint density at radius 2 is 2.17 bits per heavy atom. The number of aliphatic carboxylic acids is 1. The summed E-state index contributed by atoms with van der Waals surface area (Å²) in [4.78, 5) is 26.6. The summed E-state index contributed by atoms with van der Waals surface area (Å²) in [6, 6.07) is -0.804. The third kappa shape index (κ3) is 2.58. The Balaban J connectivity index is 1.99.